The van der Waals surface area contributed by atoms with Gasteiger partial charge in [-0.1, -0.05) is 29.3 Å². The molecular formula is C19H15Cl2N5O4. The summed E-state index contributed by atoms with van der Waals surface area (Å²) in [7, 11) is 0. The first-order valence-electron chi connectivity index (χ1n) is 8.52. The number of halogens is 2. The Labute approximate surface area is 181 Å². The number of ether oxygens (including phenoxy) is 1. The van der Waals surface area contributed by atoms with Crippen molar-refractivity contribution in [1.82, 2.24) is 15.4 Å². The van der Waals surface area contributed by atoms with Gasteiger partial charge in [0.2, 0.25) is 5.82 Å². The Morgan fingerprint density at radius 2 is 1.83 bits per heavy atom. The van der Waals surface area contributed by atoms with Crippen LogP contribution < -0.4 is 15.6 Å². The predicted molar refractivity (Wildman–Crippen MR) is 112 cm³/mol. The molecule has 2 aromatic carbocycles. The fourth-order valence-electron chi connectivity index (χ4n) is 2.59. The summed E-state index contributed by atoms with van der Waals surface area (Å²) in [6, 6.07) is 9.48. The fourth-order valence-corrected chi connectivity index (χ4v) is 2.89. The number of hydrazine groups is 1. The topological polar surface area (TPSA) is 119 Å². The number of hydrogen-bond donors (Lipinski definition) is 2. The summed E-state index contributed by atoms with van der Waals surface area (Å²) < 4.78 is 5.61. The summed E-state index contributed by atoms with van der Waals surface area (Å²) in [4.78, 5) is 30.9. The van der Waals surface area contributed by atoms with Crippen LogP contribution in [0.2, 0.25) is 10.0 Å². The summed E-state index contributed by atoms with van der Waals surface area (Å²) in [6.07, 6.45) is 1.08. The van der Waals surface area contributed by atoms with Crippen molar-refractivity contribution in [2.24, 2.45) is 0 Å². The van der Waals surface area contributed by atoms with Crippen LogP contribution >= 0.6 is 23.2 Å². The zero-order valence-electron chi connectivity index (χ0n) is 15.8. The molecule has 0 unspecified atom stereocenters. The average Bonchev–Trinajstić information content (AvgIpc) is 2.70. The Morgan fingerprint density at radius 1 is 1.13 bits per heavy atom. The maximum atomic E-state index is 12.2. The molecule has 0 spiro atoms. The van der Waals surface area contributed by atoms with E-state index in [1.54, 1.807) is 38.1 Å². The van der Waals surface area contributed by atoms with Crippen LogP contribution in [0.3, 0.4) is 0 Å². The van der Waals surface area contributed by atoms with E-state index in [0.717, 1.165) is 17.5 Å². The highest BCUT2D eigenvalue weighted by molar-refractivity contribution is 6.32. The molecule has 0 saturated heterocycles. The van der Waals surface area contributed by atoms with Crippen molar-refractivity contribution in [2.45, 2.75) is 13.8 Å². The third-order valence-electron chi connectivity index (χ3n) is 3.98. The first kappa shape index (κ1) is 21.3. The molecule has 1 heterocycles. The number of nitrogens with one attached hydrogen (secondary N) is 2. The Balaban J connectivity index is 1.86. The Bertz CT molecular complexity index is 1120. The van der Waals surface area contributed by atoms with E-state index in [4.69, 9.17) is 27.9 Å². The minimum absolute atomic E-state index is 0.247. The van der Waals surface area contributed by atoms with Crippen LogP contribution in [0.25, 0.3) is 0 Å². The number of rotatable bonds is 6. The molecule has 1 aromatic heterocycles. The maximum Gasteiger partial charge on any atom is 0.374 e. The molecule has 30 heavy (non-hydrogen) atoms. The second-order valence-corrected chi connectivity index (χ2v) is 7.01. The molecule has 0 aliphatic heterocycles. The lowest BCUT2D eigenvalue weighted by molar-refractivity contribution is -0.385. The number of carbonyl (C=O) groups is 1. The molecule has 3 rings (SSSR count). The zero-order chi connectivity index (χ0) is 21.8. The number of benzene rings is 2. The van der Waals surface area contributed by atoms with E-state index in [1.807, 2.05) is 0 Å². The van der Waals surface area contributed by atoms with Crippen LogP contribution in [0.4, 0.5) is 11.5 Å². The smallest absolute Gasteiger partial charge is 0.374 e. The van der Waals surface area contributed by atoms with Crippen LogP contribution in [0.15, 0.2) is 42.7 Å². The number of aryl methyl sites for hydroxylation is 2. The van der Waals surface area contributed by atoms with E-state index in [9.17, 15) is 14.9 Å². The van der Waals surface area contributed by atoms with Gasteiger partial charge in [0, 0.05) is 15.6 Å². The number of carbonyl (C=O) groups excluding carboxylic acids is 1. The van der Waals surface area contributed by atoms with Crippen molar-refractivity contribution < 1.29 is 14.5 Å². The first-order valence-corrected chi connectivity index (χ1v) is 9.27. The maximum absolute atomic E-state index is 12.2. The van der Waals surface area contributed by atoms with Gasteiger partial charge >= 0.3 is 11.6 Å². The van der Waals surface area contributed by atoms with Crippen molar-refractivity contribution in [3.05, 3.63) is 79.6 Å². The number of amides is 1. The van der Waals surface area contributed by atoms with Gasteiger partial charge in [-0.05, 0) is 55.3 Å². The minimum atomic E-state index is -0.709. The van der Waals surface area contributed by atoms with Gasteiger partial charge in [0.25, 0.3) is 5.91 Å². The van der Waals surface area contributed by atoms with Gasteiger partial charge < -0.3 is 4.74 Å². The molecule has 0 aliphatic rings. The van der Waals surface area contributed by atoms with Gasteiger partial charge in [0.05, 0.1) is 4.92 Å². The van der Waals surface area contributed by atoms with Gasteiger partial charge in [-0.15, -0.1) is 0 Å². The third-order valence-corrected chi connectivity index (χ3v) is 4.81. The fraction of sp³-hybridized carbons (Fsp3) is 0.105. The molecule has 1 amide bonds. The zero-order valence-corrected chi connectivity index (χ0v) is 17.3. The van der Waals surface area contributed by atoms with E-state index in [1.165, 1.54) is 12.1 Å². The largest absolute Gasteiger partial charge is 0.434 e. The Hall–Kier alpha value is -3.43. The average molecular weight is 448 g/mol. The van der Waals surface area contributed by atoms with Crippen LogP contribution in [0.5, 0.6) is 11.6 Å². The molecule has 9 nitrogen and oxygen atoms in total. The lowest BCUT2D eigenvalue weighted by Gasteiger charge is -2.11. The number of anilines is 1. The number of nitro groups is 1. The van der Waals surface area contributed by atoms with Crippen molar-refractivity contribution in [3.63, 3.8) is 0 Å². The van der Waals surface area contributed by atoms with Gasteiger partial charge in [0.1, 0.15) is 12.1 Å². The summed E-state index contributed by atoms with van der Waals surface area (Å²) in [5.41, 5.74) is 5.98. The third kappa shape index (κ3) is 4.76. The lowest BCUT2D eigenvalue weighted by atomic mass is 10.1. The Morgan fingerprint density at radius 3 is 2.47 bits per heavy atom. The van der Waals surface area contributed by atoms with Gasteiger partial charge in [-0.3, -0.25) is 25.8 Å². The second kappa shape index (κ2) is 8.93. The summed E-state index contributed by atoms with van der Waals surface area (Å²) in [6.45, 7) is 3.57. The molecule has 3 aromatic rings. The minimum Gasteiger partial charge on any atom is -0.434 e. The van der Waals surface area contributed by atoms with Crippen LogP contribution in [0, 0.1) is 24.0 Å². The summed E-state index contributed by atoms with van der Waals surface area (Å²) in [5.74, 6) is -0.777. The number of hydrogen-bond acceptors (Lipinski definition) is 7. The molecule has 2 N–H and O–H groups in total. The van der Waals surface area contributed by atoms with Gasteiger partial charge in [-0.2, -0.15) is 4.98 Å². The lowest BCUT2D eigenvalue weighted by Crippen LogP contribution is -2.30. The highest BCUT2D eigenvalue weighted by Gasteiger charge is 2.26. The van der Waals surface area contributed by atoms with E-state index >= 15 is 0 Å². The molecule has 11 heteroatoms. The molecule has 0 radical (unpaired) electrons. The van der Waals surface area contributed by atoms with Crippen LogP contribution in [-0.4, -0.2) is 20.8 Å². The number of aromatic nitrogens is 2. The normalized spacial score (nSPS) is 10.4. The highest BCUT2D eigenvalue weighted by atomic mass is 35.5. The number of nitrogens with zero attached hydrogens (tertiary/aromatic N) is 3. The van der Waals surface area contributed by atoms with Crippen molar-refractivity contribution >= 4 is 40.6 Å². The van der Waals surface area contributed by atoms with E-state index in [0.29, 0.717) is 15.8 Å². The summed E-state index contributed by atoms with van der Waals surface area (Å²) >= 11 is 12.0. The van der Waals surface area contributed by atoms with E-state index in [-0.39, 0.29) is 17.3 Å². The monoisotopic (exact) mass is 447 g/mol. The van der Waals surface area contributed by atoms with E-state index < -0.39 is 16.5 Å². The predicted octanol–water partition coefficient (Wildman–Crippen LogP) is 4.86. The highest BCUT2D eigenvalue weighted by Crippen LogP contribution is 2.35. The second-order valence-electron chi connectivity index (χ2n) is 6.20. The molecule has 0 fully saturated rings. The van der Waals surface area contributed by atoms with Crippen molar-refractivity contribution in [3.8, 4) is 11.6 Å². The van der Waals surface area contributed by atoms with E-state index in [2.05, 4.69) is 20.8 Å². The van der Waals surface area contributed by atoms with Crippen molar-refractivity contribution in [2.75, 3.05) is 5.43 Å². The van der Waals surface area contributed by atoms with Crippen LogP contribution in [0.1, 0.15) is 21.5 Å². The van der Waals surface area contributed by atoms with Gasteiger partial charge in [-0.25, -0.2) is 4.98 Å². The Kier molecular flexibility index (Phi) is 6.34. The molecule has 0 aliphatic carbocycles. The summed E-state index contributed by atoms with van der Waals surface area (Å²) in [5, 5.41) is 12.6. The standard InChI is InChI=1S/C19H15Cl2N5O4/c1-10-6-14(7-11(2)15(10)21)30-19-16(26(28)29)17(22-9-23-19)24-25-18(27)12-4-3-5-13(20)8-12/h3-9H,1-2H3,(H,25,27)(H,22,23,24). The molecular weight excluding hydrogens is 433 g/mol. The molecule has 154 valence electrons. The van der Waals surface area contributed by atoms with Crippen molar-refractivity contribution in [1.29, 1.82) is 0 Å². The first-order chi connectivity index (χ1) is 14.3. The van der Waals surface area contributed by atoms with Crippen LogP contribution in [-0.2, 0) is 0 Å². The quantitative estimate of drug-likeness (QED) is 0.408. The SMILES string of the molecule is Cc1cc(Oc2ncnc(NNC(=O)c3cccc(Cl)c3)c2[N+](=O)[O-])cc(C)c1Cl. The molecule has 0 bridgehead atoms. The van der Waals surface area contributed by atoms with Gasteiger partial charge in [0.15, 0.2) is 0 Å². The molecule has 0 atom stereocenters. The molecule has 0 saturated carbocycles.